The van der Waals surface area contributed by atoms with E-state index >= 15 is 0 Å². The number of terminal acetylenes is 1. The Labute approximate surface area is 105 Å². The van der Waals surface area contributed by atoms with Gasteiger partial charge in [0.25, 0.3) is 5.69 Å². The van der Waals surface area contributed by atoms with Crippen LogP contribution in [-0.4, -0.2) is 11.0 Å². The third-order valence-electron chi connectivity index (χ3n) is 2.39. The molecule has 0 radical (unpaired) electrons. The summed E-state index contributed by atoms with van der Waals surface area (Å²) >= 11 is 5.72. The molecule has 1 aromatic rings. The van der Waals surface area contributed by atoms with Gasteiger partial charge in [-0.2, -0.15) is 0 Å². The maximum Gasteiger partial charge on any atom is 0.275 e. The van der Waals surface area contributed by atoms with E-state index < -0.39 is 4.92 Å². The van der Waals surface area contributed by atoms with Gasteiger partial charge in [0.1, 0.15) is 0 Å². The van der Waals surface area contributed by atoms with Crippen LogP contribution >= 0.6 is 11.6 Å². The van der Waals surface area contributed by atoms with Gasteiger partial charge in [-0.25, -0.2) is 0 Å². The lowest BCUT2D eigenvalue weighted by Crippen LogP contribution is -2.26. The van der Waals surface area contributed by atoms with Crippen LogP contribution < -0.4 is 5.32 Å². The summed E-state index contributed by atoms with van der Waals surface area (Å²) in [7, 11) is 0. The molecule has 0 aliphatic carbocycles. The van der Waals surface area contributed by atoms with Gasteiger partial charge >= 0.3 is 0 Å². The molecule has 1 unspecified atom stereocenters. The topological polar surface area (TPSA) is 55.2 Å². The number of halogens is 1. The minimum Gasteiger partial charge on any atom is -0.299 e. The van der Waals surface area contributed by atoms with Crippen LogP contribution in [0.2, 0.25) is 5.02 Å². The number of hydrogen-bond acceptors (Lipinski definition) is 3. The van der Waals surface area contributed by atoms with Gasteiger partial charge in [-0.1, -0.05) is 24.4 Å². The van der Waals surface area contributed by atoms with Crippen molar-refractivity contribution in [2.24, 2.45) is 0 Å². The highest BCUT2D eigenvalue weighted by atomic mass is 35.5. The van der Waals surface area contributed by atoms with Crippen molar-refractivity contribution < 1.29 is 4.92 Å². The average Bonchev–Trinajstić information content (AvgIpc) is 2.31. The Balaban J connectivity index is 2.84. The van der Waals surface area contributed by atoms with Crippen LogP contribution in [-0.2, 0) is 6.54 Å². The number of nitrogens with one attached hydrogen (secondary N) is 1. The Bertz CT molecular complexity index is 454. The predicted octanol–water partition coefficient (Wildman–Crippen LogP) is 2.75. The molecule has 1 aromatic carbocycles. The molecule has 0 fully saturated rings. The Kier molecular flexibility index (Phi) is 4.95. The number of benzene rings is 1. The lowest BCUT2D eigenvalue weighted by atomic mass is 10.1. The summed E-state index contributed by atoms with van der Waals surface area (Å²) < 4.78 is 0. The third-order valence-corrected chi connectivity index (χ3v) is 2.63. The fraction of sp³-hybridized carbons (Fsp3) is 0.333. The number of nitro groups is 1. The summed E-state index contributed by atoms with van der Waals surface area (Å²) in [5, 5.41) is 14.3. The fourth-order valence-electron chi connectivity index (χ4n) is 1.41. The van der Waals surface area contributed by atoms with Gasteiger partial charge in [0.05, 0.1) is 11.0 Å². The van der Waals surface area contributed by atoms with Crippen molar-refractivity contribution in [2.45, 2.75) is 25.9 Å². The molecule has 0 saturated carbocycles. The Hall–Kier alpha value is -1.57. The molecule has 1 atom stereocenters. The molecule has 0 aliphatic rings. The zero-order valence-electron chi connectivity index (χ0n) is 9.44. The van der Waals surface area contributed by atoms with E-state index in [1.165, 1.54) is 6.07 Å². The second-order valence-electron chi connectivity index (χ2n) is 3.54. The predicted molar refractivity (Wildman–Crippen MR) is 67.9 cm³/mol. The monoisotopic (exact) mass is 252 g/mol. The van der Waals surface area contributed by atoms with Crippen molar-refractivity contribution in [3.8, 4) is 12.3 Å². The summed E-state index contributed by atoms with van der Waals surface area (Å²) in [5.74, 6) is 2.58. The van der Waals surface area contributed by atoms with Crippen molar-refractivity contribution in [1.29, 1.82) is 0 Å². The van der Waals surface area contributed by atoms with Crippen LogP contribution in [0.1, 0.15) is 18.9 Å². The molecule has 17 heavy (non-hydrogen) atoms. The van der Waals surface area contributed by atoms with Gasteiger partial charge in [0.2, 0.25) is 0 Å². The van der Waals surface area contributed by atoms with Crippen molar-refractivity contribution in [1.82, 2.24) is 5.32 Å². The van der Waals surface area contributed by atoms with Crippen LogP contribution in [0.3, 0.4) is 0 Å². The second-order valence-corrected chi connectivity index (χ2v) is 3.97. The highest BCUT2D eigenvalue weighted by Gasteiger charge is 2.14. The van der Waals surface area contributed by atoms with Crippen LogP contribution in [0.5, 0.6) is 0 Å². The third kappa shape index (κ3) is 3.74. The smallest absolute Gasteiger partial charge is 0.275 e. The molecule has 0 aliphatic heterocycles. The summed E-state index contributed by atoms with van der Waals surface area (Å²) in [6.07, 6.45) is 6.08. The van der Waals surface area contributed by atoms with E-state index in [2.05, 4.69) is 11.2 Å². The zero-order chi connectivity index (χ0) is 12.8. The van der Waals surface area contributed by atoms with Crippen LogP contribution in [0.15, 0.2) is 18.2 Å². The number of nitro benzene ring substituents is 1. The minimum atomic E-state index is -0.445. The van der Waals surface area contributed by atoms with Crippen LogP contribution in [0.4, 0.5) is 5.69 Å². The van der Waals surface area contributed by atoms with E-state index in [1.54, 1.807) is 12.1 Å². The summed E-state index contributed by atoms with van der Waals surface area (Å²) in [4.78, 5) is 10.4. The minimum absolute atomic E-state index is 0.0110. The lowest BCUT2D eigenvalue weighted by molar-refractivity contribution is -0.385. The Morgan fingerprint density at radius 2 is 2.35 bits per heavy atom. The first-order chi connectivity index (χ1) is 8.08. The van der Waals surface area contributed by atoms with E-state index in [4.69, 9.17) is 18.0 Å². The van der Waals surface area contributed by atoms with Gasteiger partial charge in [0, 0.05) is 23.2 Å². The molecule has 90 valence electrons. The molecule has 0 heterocycles. The van der Waals surface area contributed by atoms with E-state index in [0.717, 1.165) is 6.42 Å². The molecule has 1 N–H and O–H groups in total. The van der Waals surface area contributed by atoms with Crippen LogP contribution in [0.25, 0.3) is 0 Å². The van der Waals surface area contributed by atoms with E-state index in [1.807, 2.05) is 6.92 Å². The van der Waals surface area contributed by atoms with Crippen molar-refractivity contribution in [2.75, 3.05) is 0 Å². The molecule has 0 aromatic heterocycles. The SMILES string of the molecule is C#CC(CC)NCc1ccc(Cl)cc1[N+](=O)[O-]. The number of nitrogens with zero attached hydrogens (tertiary/aromatic N) is 1. The van der Waals surface area contributed by atoms with Gasteiger partial charge in [-0.05, 0) is 18.6 Å². The maximum atomic E-state index is 10.8. The first kappa shape index (κ1) is 13.5. The molecule has 0 saturated heterocycles. The summed E-state index contributed by atoms with van der Waals surface area (Å²) in [6, 6.07) is 4.53. The number of hydrogen-bond donors (Lipinski definition) is 1. The largest absolute Gasteiger partial charge is 0.299 e. The molecule has 0 amide bonds. The zero-order valence-corrected chi connectivity index (χ0v) is 10.2. The van der Waals surface area contributed by atoms with Crippen LogP contribution in [0, 0.1) is 22.5 Å². The lowest BCUT2D eigenvalue weighted by Gasteiger charge is -2.10. The normalized spacial score (nSPS) is 11.8. The second kappa shape index (κ2) is 6.24. The Morgan fingerprint density at radius 3 is 2.88 bits per heavy atom. The van der Waals surface area contributed by atoms with E-state index in [-0.39, 0.29) is 11.7 Å². The molecular formula is C12H13ClN2O2. The summed E-state index contributed by atoms with van der Waals surface area (Å²) in [6.45, 7) is 2.31. The molecular weight excluding hydrogens is 240 g/mol. The molecule has 5 heteroatoms. The van der Waals surface area contributed by atoms with Gasteiger partial charge in [-0.3, -0.25) is 15.4 Å². The fourth-order valence-corrected chi connectivity index (χ4v) is 1.58. The van der Waals surface area contributed by atoms with Crippen molar-refractivity contribution >= 4 is 17.3 Å². The molecule has 4 nitrogen and oxygen atoms in total. The van der Waals surface area contributed by atoms with Gasteiger partial charge < -0.3 is 0 Å². The number of rotatable bonds is 5. The standard InChI is InChI=1S/C12H13ClN2O2/c1-3-11(4-2)14-8-9-5-6-10(13)7-12(9)15(16)17/h1,5-7,11,14H,4,8H2,2H3. The quantitative estimate of drug-likeness (QED) is 0.498. The maximum absolute atomic E-state index is 10.8. The molecule has 1 rings (SSSR count). The van der Waals surface area contributed by atoms with Crippen molar-refractivity contribution in [3.63, 3.8) is 0 Å². The first-order valence-electron chi connectivity index (χ1n) is 5.20. The summed E-state index contributed by atoms with van der Waals surface area (Å²) in [5.41, 5.74) is 0.588. The molecule has 0 bridgehead atoms. The Morgan fingerprint density at radius 1 is 1.65 bits per heavy atom. The first-order valence-corrected chi connectivity index (χ1v) is 5.58. The van der Waals surface area contributed by atoms with E-state index in [0.29, 0.717) is 17.1 Å². The van der Waals surface area contributed by atoms with E-state index in [9.17, 15) is 10.1 Å². The van der Waals surface area contributed by atoms with Gasteiger partial charge in [0.15, 0.2) is 0 Å². The van der Waals surface area contributed by atoms with Gasteiger partial charge in [-0.15, -0.1) is 6.42 Å². The average molecular weight is 253 g/mol. The highest BCUT2D eigenvalue weighted by Crippen LogP contribution is 2.23. The van der Waals surface area contributed by atoms with Crippen molar-refractivity contribution in [3.05, 3.63) is 38.9 Å². The highest BCUT2D eigenvalue weighted by molar-refractivity contribution is 6.30. The molecule has 0 spiro atoms.